The molecule has 18 heavy (non-hydrogen) atoms. The first-order chi connectivity index (χ1) is 8.69. The molecule has 1 aliphatic carbocycles. The van der Waals surface area contributed by atoms with E-state index in [1.165, 1.54) is 44.5 Å². The minimum absolute atomic E-state index is 0.668. The van der Waals surface area contributed by atoms with Crippen LogP contribution < -0.4 is 4.90 Å². The molecule has 0 N–H and O–H groups in total. The Morgan fingerprint density at radius 3 is 2.22 bits per heavy atom. The summed E-state index contributed by atoms with van der Waals surface area (Å²) in [5.74, 6) is 1.87. The van der Waals surface area contributed by atoms with Crippen molar-refractivity contribution in [2.75, 3.05) is 18.0 Å². The van der Waals surface area contributed by atoms with Crippen LogP contribution in [0.25, 0.3) is 0 Å². The van der Waals surface area contributed by atoms with E-state index in [1.807, 2.05) is 0 Å². The molecule has 1 nitrogen and oxygen atoms in total. The van der Waals surface area contributed by atoms with Gasteiger partial charge in [0.05, 0.1) is 0 Å². The molecule has 0 unspecified atom stereocenters. The second-order valence-electron chi connectivity index (χ2n) is 6.77. The Morgan fingerprint density at radius 1 is 1.06 bits per heavy atom. The molecule has 0 atom stereocenters. The summed E-state index contributed by atoms with van der Waals surface area (Å²) in [5, 5.41) is 0. The average Bonchev–Trinajstić information content (AvgIpc) is 2.37. The van der Waals surface area contributed by atoms with Gasteiger partial charge in [0.15, 0.2) is 0 Å². The maximum atomic E-state index is 2.55. The number of hydrogen-bond acceptors (Lipinski definition) is 1. The van der Waals surface area contributed by atoms with Crippen LogP contribution in [0.3, 0.4) is 0 Å². The van der Waals surface area contributed by atoms with E-state index in [4.69, 9.17) is 0 Å². The molecular weight excluding hydrogens is 218 g/mol. The van der Waals surface area contributed by atoms with E-state index in [-0.39, 0.29) is 0 Å². The smallest absolute Gasteiger partial charge is 0.0366 e. The van der Waals surface area contributed by atoms with Gasteiger partial charge in [0.1, 0.15) is 0 Å². The van der Waals surface area contributed by atoms with Gasteiger partial charge >= 0.3 is 0 Å². The molecular formula is C17H25N. The zero-order chi connectivity index (χ0) is 12.6. The quantitative estimate of drug-likeness (QED) is 0.747. The van der Waals surface area contributed by atoms with Crippen LogP contribution >= 0.6 is 0 Å². The van der Waals surface area contributed by atoms with E-state index < -0.39 is 0 Å². The van der Waals surface area contributed by atoms with E-state index in [1.54, 1.807) is 0 Å². The standard InChI is InChI=1S/C17H25N/c1-14(2)15-8-10-17(11-9-15)12-18(13-17)16-6-4-3-5-7-16/h3-7,14-15H,8-13H2,1-2H3. The summed E-state index contributed by atoms with van der Waals surface area (Å²) in [7, 11) is 0. The van der Waals surface area contributed by atoms with Crippen molar-refractivity contribution >= 4 is 5.69 Å². The van der Waals surface area contributed by atoms with Gasteiger partial charge in [-0.15, -0.1) is 0 Å². The molecule has 1 heterocycles. The molecule has 3 rings (SSSR count). The molecule has 0 radical (unpaired) electrons. The molecule has 1 heteroatoms. The van der Waals surface area contributed by atoms with Crippen molar-refractivity contribution in [3.8, 4) is 0 Å². The lowest BCUT2D eigenvalue weighted by atomic mass is 9.64. The lowest BCUT2D eigenvalue weighted by molar-refractivity contribution is 0.0932. The zero-order valence-electron chi connectivity index (χ0n) is 11.7. The zero-order valence-corrected chi connectivity index (χ0v) is 11.7. The Morgan fingerprint density at radius 2 is 1.67 bits per heavy atom. The summed E-state index contributed by atoms with van der Waals surface area (Å²) in [6, 6.07) is 10.9. The van der Waals surface area contributed by atoms with Crippen molar-refractivity contribution in [1.82, 2.24) is 0 Å². The third-order valence-electron chi connectivity index (χ3n) is 5.21. The first kappa shape index (κ1) is 12.1. The van der Waals surface area contributed by atoms with Gasteiger partial charge in [-0.25, -0.2) is 0 Å². The third kappa shape index (κ3) is 2.15. The lowest BCUT2D eigenvalue weighted by Crippen LogP contribution is -2.57. The van der Waals surface area contributed by atoms with E-state index in [2.05, 4.69) is 49.1 Å². The van der Waals surface area contributed by atoms with Crippen LogP contribution in [-0.4, -0.2) is 13.1 Å². The molecule has 1 aromatic carbocycles. The second kappa shape index (κ2) is 4.60. The molecule has 2 fully saturated rings. The van der Waals surface area contributed by atoms with Gasteiger partial charge in [0.2, 0.25) is 0 Å². The van der Waals surface area contributed by atoms with E-state index in [0.717, 1.165) is 11.8 Å². The largest absolute Gasteiger partial charge is 0.370 e. The summed E-state index contributed by atoms with van der Waals surface area (Å²) in [6.45, 7) is 7.36. The summed E-state index contributed by atoms with van der Waals surface area (Å²) in [5.41, 5.74) is 2.08. The van der Waals surface area contributed by atoms with Crippen molar-refractivity contribution in [2.45, 2.75) is 39.5 Å². The number of nitrogens with zero attached hydrogens (tertiary/aromatic N) is 1. The predicted molar refractivity (Wildman–Crippen MR) is 77.9 cm³/mol. The number of benzene rings is 1. The molecule has 1 saturated heterocycles. The van der Waals surface area contributed by atoms with Crippen molar-refractivity contribution in [3.05, 3.63) is 30.3 Å². The number of para-hydroxylation sites is 1. The molecule has 0 bridgehead atoms. The van der Waals surface area contributed by atoms with Gasteiger partial charge in [-0.3, -0.25) is 0 Å². The van der Waals surface area contributed by atoms with Gasteiger partial charge in [0.25, 0.3) is 0 Å². The van der Waals surface area contributed by atoms with Crippen LogP contribution in [0.2, 0.25) is 0 Å². The summed E-state index contributed by atoms with van der Waals surface area (Å²) in [6.07, 6.45) is 5.83. The van der Waals surface area contributed by atoms with Gasteiger partial charge < -0.3 is 4.90 Å². The van der Waals surface area contributed by atoms with Crippen LogP contribution in [0.4, 0.5) is 5.69 Å². The molecule has 2 aliphatic rings. The molecule has 0 aromatic heterocycles. The third-order valence-corrected chi connectivity index (χ3v) is 5.21. The molecule has 98 valence electrons. The molecule has 1 aromatic rings. The number of rotatable bonds is 2. The molecule has 1 saturated carbocycles. The highest BCUT2D eigenvalue weighted by molar-refractivity contribution is 5.49. The summed E-state index contributed by atoms with van der Waals surface area (Å²) in [4.78, 5) is 2.55. The molecule has 1 aliphatic heterocycles. The van der Waals surface area contributed by atoms with E-state index >= 15 is 0 Å². The highest BCUT2D eigenvalue weighted by Crippen LogP contribution is 2.48. The van der Waals surface area contributed by atoms with Crippen LogP contribution in [0.5, 0.6) is 0 Å². The monoisotopic (exact) mass is 243 g/mol. The van der Waals surface area contributed by atoms with Crippen molar-refractivity contribution < 1.29 is 0 Å². The number of anilines is 1. The van der Waals surface area contributed by atoms with Crippen LogP contribution in [0.1, 0.15) is 39.5 Å². The maximum absolute atomic E-state index is 2.55. The normalized spacial score (nSPS) is 23.4. The highest BCUT2D eigenvalue weighted by Gasteiger charge is 2.45. The minimum Gasteiger partial charge on any atom is -0.370 e. The van der Waals surface area contributed by atoms with Crippen LogP contribution in [0.15, 0.2) is 30.3 Å². The van der Waals surface area contributed by atoms with Crippen molar-refractivity contribution in [2.24, 2.45) is 17.3 Å². The molecule has 0 amide bonds. The van der Waals surface area contributed by atoms with Crippen molar-refractivity contribution in [1.29, 1.82) is 0 Å². The first-order valence-electron chi connectivity index (χ1n) is 7.49. The Balaban J connectivity index is 1.56. The van der Waals surface area contributed by atoms with Crippen LogP contribution in [-0.2, 0) is 0 Å². The SMILES string of the molecule is CC(C)C1CCC2(CC1)CN(c1ccccc1)C2. The lowest BCUT2D eigenvalue weighted by Gasteiger charge is -2.55. The minimum atomic E-state index is 0.668. The Kier molecular flexibility index (Phi) is 3.09. The molecule has 1 spiro atoms. The van der Waals surface area contributed by atoms with Crippen molar-refractivity contribution in [3.63, 3.8) is 0 Å². The predicted octanol–water partition coefficient (Wildman–Crippen LogP) is 4.34. The Hall–Kier alpha value is -0.980. The maximum Gasteiger partial charge on any atom is 0.0366 e. The topological polar surface area (TPSA) is 3.24 Å². The fourth-order valence-electron chi connectivity index (χ4n) is 3.82. The summed E-state index contributed by atoms with van der Waals surface area (Å²) < 4.78 is 0. The Labute approximate surface area is 111 Å². The fraction of sp³-hybridized carbons (Fsp3) is 0.647. The van der Waals surface area contributed by atoms with Gasteiger partial charge in [-0.1, -0.05) is 32.0 Å². The average molecular weight is 243 g/mol. The second-order valence-corrected chi connectivity index (χ2v) is 6.77. The van der Waals surface area contributed by atoms with E-state index in [0.29, 0.717) is 5.41 Å². The fourth-order valence-corrected chi connectivity index (χ4v) is 3.82. The first-order valence-corrected chi connectivity index (χ1v) is 7.49. The summed E-state index contributed by atoms with van der Waals surface area (Å²) >= 11 is 0. The highest BCUT2D eigenvalue weighted by atomic mass is 15.2. The number of hydrogen-bond donors (Lipinski definition) is 0. The van der Waals surface area contributed by atoms with Gasteiger partial charge in [-0.2, -0.15) is 0 Å². The van der Waals surface area contributed by atoms with Crippen LogP contribution in [0, 0.1) is 17.3 Å². The van der Waals surface area contributed by atoms with Gasteiger partial charge in [0, 0.05) is 24.2 Å². The van der Waals surface area contributed by atoms with Gasteiger partial charge in [-0.05, 0) is 49.7 Å². The Bertz CT molecular complexity index is 379. The van der Waals surface area contributed by atoms with E-state index in [9.17, 15) is 0 Å².